The highest BCUT2D eigenvalue weighted by Crippen LogP contribution is 2.64. The highest BCUT2D eigenvalue weighted by molar-refractivity contribution is 5.89. The van der Waals surface area contributed by atoms with Crippen molar-refractivity contribution in [3.05, 3.63) is 0 Å². The van der Waals surface area contributed by atoms with Crippen molar-refractivity contribution >= 4 is 11.6 Å². The number of methoxy groups -OCH3 is 1. The standard InChI is InChI=1S/C24H42N4O2/c1-15(27-25)28(26)13-23(29)22-9-8-21-20-7-5-17-12-16(14-30-3)4-6-18(17)19(20)10-11-24(21,22)2/h16-22H,4-14,25-26H2,1-3H3/b27-15-. The van der Waals surface area contributed by atoms with Crippen molar-refractivity contribution in [1.29, 1.82) is 0 Å². The summed E-state index contributed by atoms with van der Waals surface area (Å²) < 4.78 is 5.46. The number of hydrazine groups is 1. The maximum atomic E-state index is 13.2. The zero-order chi connectivity index (χ0) is 21.5. The fourth-order valence-electron chi connectivity index (χ4n) is 8.33. The molecule has 6 heteroatoms. The Balaban J connectivity index is 1.43. The van der Waals surface area contributed by atoms with Gasteiger partial charge in [0.05, 0.1) is 6.54 Å². The van der Waals surface area contributed by atoms with Crippen molar-refractivity contribution < 1.29 is 9.53 Å². The average molecular weight is 419 g/mol. The molecule has 6 nitrogen and oxygen atoms in total. The number of nitrogens with two attached hydrogens (primary N) is 2. The van der Waals surface area contributed by atoms with E-state index in [4.69, 9.17) is 16.4 Å². The number of rotatable bonds is 5. The molecule has 8 atom stereocenters. The quantitative estimate of drug-likeness (QED) is 0.308. The van der Waals surface area contributed by atoms with Crippen LogP contribution in [0.15, 0.2) is 5.10 Å². The Morgan fingerprint density at radius 1 is 1.10 bits per heavy atom. The van der Waals surface area contributed by atoms with Gasteiger partial charge in [-0.15, -0.1) is 0 Å². The molecule has 4 N–H and O–H groups in total. The molecule has 4 saturated carbocycles. The summed E-state index contributed by atoms with van der Waals surface area (Å²) in [6, 6.07) is 0. The second kappa shape index (κ2) is 8.78. The summed E-state index contributed by atoms with van der Waals surface area (Å²) in [6.45, 7) is 5.32. The van der Waals surface area contributed by atoms with E-state index in [1.165, 1.54) is 56.4 Å². The van der Waals surface area contributed by atoms with Crippen molar-refractivity contribution in [3.63, 3.8) is 0 Å². The van der Waals surface area contributed by atoms with Gasteiger partial charge in [0.2, 0.25) is 0 Å². The van der Waals surface area contributed by atoms with Crippen LogP contribution in [-0.2, 0) is 9.53 Å². The molecule has 170 valence electrons. The maximum absolute atomic E-state index is 13.2. The van der Waals surface area contributed by atoms with Crippen LogP contribution in [0, 0.1) is 46.8 Å². The molecule has 0 heterocycles. The van der Waals surface area contributed by atoms with E-state index in [1.807, 2.05) is 7.11 Å². The lowest BCUT2D eigenvalue weighted by atomic mass is 9.49. The summed E-state index contributed by atoms with van der Waals surface area (Å²) in [5.74, 6) is 17.3. The average Bonchev–Trinajstić information content (AvgIpc) is 3.10. The molecule has 0 amide bonds. The van der Waals surface area contributed by atoms with E-state index in [0.29, 0.717) is 11.8 Å². The number of hydrogen-bond donors (Lipinski definition) is 2. The van der Waals surface area contributed by atoms with Gasteiger partial charge in [-0.1, -0.05) is 6.92 Å². The molecule has 0 aromatic heterocycles. The summed E-state index contributed by atoms with van der Waals surface area (Å²) in [5, 5.41) is 5.04. The lowest BCUT2D eigenvalue weighted by Crippen LogP contribution is -2.50. The molecule has 8 unspecified atom stereocenters. The Morgan fingerprint density at radius 2 is 1.87 bits per heavy atom. The van der Waals surface area contributed by atoms with Gasteiger partial charge in [-0.3, -0.25) is 9.80 Å². The summed E-state index contributed by atoms with van der Waals surface area (Å²) in [4.78, 5) is 13.2. The van der Waals surface area contributed by atoms with E-state index in [9.17, 15) is 4.79 Å². The van der Waals surface area contributed by atoms with Gasteiger partial charge in [0.25, 0.3) is 0 Å². The Labute approximate surface area is 182 Å². The molecular weight excluding hydrogens is 376 g/mol. The fraction of sp³-hybridized carbons (Fsp3) is 0.917. The number of ketones is 1. The normalized spacial score (nSPS) is 43.5. The first-order valence-corrected chi connectivity index (χ1v) is 12.2. The molecule has 4 rings (SSSR count). The summed E-state index contributed by atoms with van der Waals surface area (Å²) in [6.07, 6.45) is 11.6. The molecule has 0 bridgehead atoms. The number of hydrazone groups is 1. The topological polar surface area (TPSA) is 93.9 Å². The van der Waals surface area contributed by atoms with Crippen LogP contribution in [-0.4, -0.2) is 36.9 Å². The highest BCUT2D eigenvalue weighted by Gasteiger charge is 2.58. The first-order chi connectivity index (χ1) is 14.4. The lowest BCUT2D eigenvalue weighted by molar-refractivity contribution is -0.131. The van der Waals surface area contributed by atoms with Crippen molar-refractivity contribution in [2.24, 2.45) is 63.6 Å². The van der Waals surface area contributed by atoms with Gasteiger partial charge >= 0.3 is 0 Å². The van der Waals surface area contributed by atoms with E-state index < -0.39 is 0 Å². The van der Waals surface area contributed by atoms with Gasteiger partial charge in [-0.2, -0.15) is 5.10 Å². The number of fused-ring (bicyclic) bond motifs is 5. The van der Waals surface area contributed by atoms with Crippen LogP contribution in [0.4, 0.5) is 0 Å². The number of carbonyl (C=O) groups is 1. The largest absolute Gasteiger partial charge is 0.384 e. The van der Waals surface area contributed by atoms with Gasteiger partial charge in [-0.05, 0) is 106 Å². The van der Waals surface area contributed by atoms with Crippen LogP contribution in [0.5, 0.6) is 0 Å². The predicted octanol–water partition coefficient (Wildman–Crippen LogP) is 3.55. The molecule has 0 saturated heterocycles. The van der Waals surface area contributed by atoms with Crippen LogP contribution in [0.1, 0.15) is 71.6 Å². The van der Waals surface area contributed by atoms with Crippen LogP contribution < -0.4 is 11.7 Å². The number of carbonyl (C=O) groups excluding carboxylic acids is 1. The minimum absolute atomic E-state index is 0.134. The van der Waals surface area contributed by atoms with Crippen molar-refractivity contribution in [1.82, 2.24) is 5.01 Å². The summed E-state index contributed by atoms with van der Waals surface area (Å²) in [7, 11) is 1.84. The number of amidine groups is 1. The van der Waals surface area contributed by atoms with Gasteiger partial charge in [0.15, 0.2) is 5.78 Å². The summed E-state index contributed by atoms with van der Waals surface area (Å²) in [5.41, 5.74) is 0.146. The van der Waals surface area contributed by atoms with Crippen molar-refractivity contribution in [3.8, 4) is 0 Å². The number of nitrogens with zero attached hydrogens (tertiary/aromatic N) is 2. The third-order valence-electron chi connectivity index (χ3n) is 9.78. The second-order valence-corrected chi connectivity index (χ2v) is 11.0. The zero-order valence-electron chi connectivity index (χ0n) is 19.2. The molecule has 4 aliphatic rings. The minimum Gasteiger partial charge on any atom is -0.384 e. The number of hydrogen-bond acceptors (Lipinski definition) is 5. The molecule has 0 radical (unpaired) electrons. The molecule has 0 aliphatic heterocycles. The molecule has 0 spiro atoms. The van der Waals surface area contributed by atoms with Crippen LogP contribution in [0.25, 0.3) is 0 Å². The molecule has 30 heavy (non-hydrogen) atoms. The third-order valence-corrected chi connectivity index (χ3v) is 9.78. The van der Waals surface area contributed by atoms with Crippen molar-refractivity contribution in [2.45, 2.75) is 71.6 Å². The first-order valence-electron chi connectivity index (χ1n) is 12.2. The number of ether oxygens (including phenoxy) is 1. The van der Waals surface area contributed by atoms with E-state index >= 15 is 0 Å². The molecule has 4 fully saturated rings. The molecule has 0 aromatic rings. The highest BCUT2D eigenvalue weighted by atomic mass is 16.5. The maximum Gasteiger partial charge on any atom is 0.157 e. The van der Waals surface area contributed by atoms with E-state index in [0.717, 1.165) is 42.6 Å². The van der Waals surface area contributed by atoms with Crippen LogP contribution >= 0.6 is 0 Å². The monoisotopic (exact) mass is 418 g/mol. The Kier molecular flexibility index (Phi) is 6.45. The Bertz CT molecular complexity index is 668. The number of Topliss-reactive ketones (excluding diaryl/α,β-unsaturated/α-hetero) is 1. The van der Waals surface area contributed by atoms with E-state index in [-0.39, 0.29) is 23.7 Å². The summed E-state index contributed by atoms with van der Waals surface area (Å²) >= 11 is 0. The third kappa shape index (κ3) is 3.79. The van der Waals surface area contributed by atoms with Crippen LogP contribution in [0.3, 0.4) is 0 Å². The smallest absolute Gasteiger partial charge is 0.157 e. The SMILES string of the molecule is COCC1CCC2C(CCC3C2CCC2(C)C(C(=O)CN(N)/C(C)=N\N)CCC32)C1. The first kappa shape index (κ1) is 22.1. The lowest BCUT2D eigenvalue weighted by Gasteiger charge is -2.56. The molecular formula is C24H42N4O2. The van der Waals surface area contributed by atoms with Gasteiger partial charge in [-0.25, -0.2) is 5.84 Å². The zero-order valence-corrected chi connectivity index (χ0v) is 19.2. The Hall–Kier alpha value is -1.14. The van der Waals surface area contributed by atoms with Gasteiger partial charge in [0, 0.05) is 19.6 Å². The van der Waals surface area contributed by atoms with Gasteiger partial charge in [0.1, 0.15) is 5.84 Å². The van der Waals surface area contributed by atoms with E-state index in [1.54, 1.807) is 6.92 Å². The van der Waals surface area contributed by atoms with Crippen molar-refractivity contribution in [2.75, 3.05) is 20.3 Å². The predicted molar refractivity (Wildman–Crippen MR) is 119 cm³/mol. The molecule has 4 aliphatic carbocycles. The Morgan fingerprint density at radius 3 is 2.60 bits per heavy atom. The molecule has 0 aromatic carbocycles. The minimum atomic E-state index is 0.134. The fourth-order valence-corrected chi connectivity index (χ4v) is 8.33. The van der Waals surface area contributed by atoms with E-state index in [2.05, 4.69) is 12.0 Å². The van der Waals surface area contributed by atoms with Gasteiger partial charge < -0.3 is 10.6 Å². The van der Waals surface area contributed by atoms with Crippen LogP contribution in [0.2, 0.25) is 0 Å². The second-order valence-electron chi connectivity index (χ2n) is 11.0.